The second-order valence-corrected chi connectivity index (χ2v) is 7.23. The summed E-state index contributed by atoms with van der Waals surface area (Å²) in [6, 6.07) is -0.229. The standard InChI is InChI=1S/C11H23N3O3S/c1-11(2,14-18(3,16)17)8-13-9-6-4-5-7-12-10(9)15/h9,13-14H,4-8H2,1-3H3,(H,12,15). The van der Waals surface area contributed by atoms with E-state index in [1.165, 1.54) is 0 Å². The number of carbonyl (C=O) groups excluding carboxylic acids is 1. The molecule has 18 heavy (non-hydrogen) atoms. The molecule has 3 N–H and O–H groups in total. The summed E-state index contributed by atoms with van der Waals surface area (Å²) in [4.78, 5) is 11.7. The van der Waals surface area contributed by atoms with Crippen LogP contribution in [0.3, 0.4) is 0 Å². The van der Waals surface area contributed by atoms with Gasteiger partial charge in [0.05, 0.1) is 12.3 Å². The number of hydrogen-bond donors (Lipinski definition) is 3. The zero-order valence-corrected chi connectivity index (χ0v) is 12.1. The van der Waals surface area contributed by atoms with Crippen molar-refractivity contribution in [3.63, 3.8) is 0 Å². The van der Waals surface area contributed by atoms with Gasteiger partial charge in [0.2, 0.25) is 15.9 Å². The third-order valence-corrected chi connectivity index (χ3v) is 3.71. The van der Waals surface area contributed by atoms with Crippen LogP contribution in [0.1, 0.15) is 33.1 Å². The molecule has 1 heterocycles. The Bertz CT molecular complexity index is 392. The summed E-state index contributed by atoms with van der Waals surface area (Å²) >= 11 is 0. The van der Waals surface area contributed by atoms with Gasteiger partial charge in [-0.05, 0) is 33.1 Å². The van der Waals surface area contributed by atoms with Crippen molar-refractivity contribution in [1.29, 1.82) is 0 Å². The van der Waals surface area contributed by atoms with E-state index >= 15 is 0 Å². The van der Waals surface area contributed by atoms with Crippen molar-refractivity contribution in [2.75, 3.05) is 19.3 Å². The smallest absolute Gasteiger partial charge is 0.237 e. The molecule has 0 bridgehead atoms. The van der Waals surface area contributed by atoms with Crippen LogP contribution in [0.2, 0.25) is 0 Å². The maximum Gasteiger partial charge on any atom is 0.237 e. The lowest BCUT2D eigenvalue weighted by Crippen LogP contribution is -2.54. The second-order valence-electron chi connectivity index (χ2n) is 5.48. The van der Waals surface area contributed by atoms with E-state index in [9.17, 15) is 13.2 Å². The minimum Gasteiger partial charge on any atom is -0.355 e. The normalized spacial score (nSPS) is 22.4. The summed E-state index contributed by atoms with van der Waals surface area (Å²) < 4.78 is 24.9. The van der Waals surface area contributed by atoms with Crippen LogP contribution in [-0.2, 0) is 14.8 Å². The number of amides is 1. The molecular weight excluding hydrogens is 254 g/mol. The zero-order valence-electron chi connectivity index (χ0n) is 11.2. The van der Waals surface area contributed by atoms with Crippen LogP contribution >= 0.6 is 0 Å². The molecule has 1 amide bonds. The highest BCUT2D eigenvalue weighted by molar-refractivity contribution is 7.88. The molecule has 0 aliphatic carbocycles. The van der Waals surface area contributed by atoms with Crippen LogP contribution in [0.5, 0.6) is 0 Å². The molecule has 0 spiro atoms. The molecule has 0 aromatic heterocycles. The van der Waals surface area contributed by atoms with Gasteiger partial charge in [0.25, 0.3) is 0 Å². The van der Waals surface area contributed by atoms with Crippen LogP contribution in [-0.4, -0.2) is 45.3 Å². The highest BCUT2D eigenvalue weighted by atomic mass is 32.2. The van der Waals surface area contributed by atoms with E-state index in [4.69, 9.17) is 0 Å². The third kappa shape index (κ3) is 5.79. The van der Waals surface area contributed by atoms with E-state index < -0.39 is 15.6 Å². The molecular formula is C11H23N3O3S. The fraction of sp³-hybridized carbons (Fsp3) is 0.909. The average molecular weight is 277 g/mol. The van der Waals surface area contributed by atoms with Gasteiger partial charge in [-0.15, -0.1) is 0 Å². The summed E-state index contributed by atoms with van der Waals surface area (Å²) in [5, 5.41) is 5.97. The molecule has 0 saturated carbocycles. The van der Waals surface area contributed by atoms with Gasteiger partial charge in [-0.25, -0.2) is 13.1 Å². The van der Waals surface area contributed by atoms with Crippen LogP contribution in [0, 0.1) is 0 Å². The van der Waals surface area contributed by atoms with Crippen LogP contribution in [0.15, 0.2) is 0 Å². The first kappa shape index (κ1) is 15.4. The van der Waals surface area contributed by atoms with E-state index in [1.807, 2.05) is 0 Å². The van der Waals surface area contributed by atoms with Crippen molar-refractivity contribution in [2.24, 2.45) is 0 Å². The maximum atomic E-state index is 11.7. The van der Waals surface area contributed by atoms with Crippen molar-refractivity contribution in [2.45, 2.75) is 44.7 Å². The van der Waals surface area contributed by atoms with Gasteiger partial charge in [-0.1, -0.05) is 0 Å². The topological polar surface area (TPSA) is 87.3 Å². The van der Waals surface area contributed by atoms with E-state index in [1.54, 1.807) is 13.8 Å². The SMILES string of the molecule is CC(C)(CNC1CCCCNC1=O)NS(C)(=O)=O. The molecule has 1 aliphatic rings. The van der Waals surface area contributed by atoms with E-state index in [0.29, 0.717) is 6.54 Å². The molecule has 1 unspecified atom stereocenters. The molecule has 1 saturated heterocycles. The molecule has 7 heteroatoms. The summed E-state index contributed by atoms with van der Waals surface area (Å²) in [7, 11) is -3.25. The number of hydrogen-bond acceptors (Lipinski definition) is 4. The molecule has 1 atom stereocenters. The van der Waals surface area contributed by atoms with E-state index in [-0.39, 0.29) is 11.9 Å². The number of sulfonamides is 1. The quantitative estimate of drug-likeness (QED) is 0.636. The first-order chi connectivity index (χ1) is 8.20. The molecule has 0 aromatic carbocycles. The van der Waals surface area contributed by atoms with Crippen LogP contribution in [0.4, 0.5) is 0 Å². The summed E-state index contributed by atoms with van der Waals surface area (Å²) in [5.41, 5.74) is -0.611. The second kappa shape index (κ2) is 5.99. The highest BCUT2D eigenvalue weighted by Gasteiger charge is 2.26. The Labute approximate surface area is 109 Å². The monoisotopic (exact) mass is 277 g/mol. The van der Waals surface area contributed by atoms with Crippen molar-refractivity contribution >= 4 is 15.9 Å². The third-order valence-electron chi connectivity index (χ3n) is 2.79. The molecule has 1 rings (SSSR count). The minimum atomic E-state index is -3.25. The largest absolute Gasteiger partial charge is 0.355 e. The van der Waals surface area contributed by atoms with E-state index in [0.717, 1.165) is 32.1 Å². The van der Waals surface area contributed by atoms with Crippen molar-refractivity contribution in [3.05, 3.63) is 0 Å². The summed E-state index contributed by atoms with van der Waals surface area (Å²) in [6.45, 7) is 4.71. The first-order valence-corrected chi connectivity index (χ1v) is 8.09. The molecule has 6 nitrogen and oxygen atoms in total. The van der Waals surface area contributed by atoms with Crippen LogP contribution < -0.4 is 15.4 Å². The molecule has 0 aromatic rings. The summed E-state index contributed by atoms with van der Waals surface area (Å²) in [5.74, 6) is 0.00246. The van der Waals surface area contributed by atoms with Crippen molar-refractivity contribution < 1.29 is 13.2 Å². The lowest BCUT2D eigenvalue weighted by Gasteiger charge is -2.27. The predicted octanol–water partition coefficient (Wildman–Crippen LogP) is -0.427. The first-order valence-electron chi connectivity index (χ1n) is 6.20. The Morgan fingerprint density at radius 3 is 2.67 bits per heavy atom. The lowest BCUT2D eigenvalue weighted by atomic mass is 10.1. The fourth-order valence-corrected chi connectivity index (χ4v) is 3.13. The summed E-state index contributed by atoms with van der Waals surface area (Å²) in [6.07, 6.45) is 3.92. The fourth-order valence-electron chi connectivity index (χ4n) is 2.05. The van der Waals surface area contributed by atoms with Gasteiger partial charge in [0, 0.05) is 18.6 Å². The molecule has 1 aliphatic heterocycles. The Balaban J connectivity index is 2.50. The minimum absolute atomic E-state index is 0.00246. The van der Waals surface area contributed by atoms with Gasteiger partial charge in [0.1, 0.15) is 0 Å². The Kier molecular flexibility index (Phi) is 5.12. The number of carbonyl (C=O) groups is 1. The number of nitrogens with one attached hydrogen (secondary N) is 3. The average Bonchev–Trinajstić information content (AvgIpc) is 2.36. The van der Waals surface area contributed by atoms with Gasteiger partial charge < -0.3 is 10.6 Å². The van der Waals surface area contributed by atoms with Gasteiger partial charge in [-0.3, -0.25) is 4.79 Å². The number of rotatable bonds is 5. The van der Waals surface area contributed by atoms with Crippen molar-refractivity contribution in [3.8, 4) is 0 Å². The van der Waals surface area contributed by atoms with Crippen molar-refractivity contribution in [1.82, 2.24) is 15.4 Å². The lowest BCUT2D eigenvalue weighted by molar-refractivity contribution is -0.122. The highest BCUT2D eigenvalue weighted by Crippen LogP contribution is 2.08. The van der Waals surface area contributed by atoms with Crippen LogP contribution in [0.25, 0.3) is 0 Å². The molecule has 0 radical (unpaired) electrons. The Hall–Kier alpha value is -0.660. The van der Waals surface area contributed by atoms with Gasteiger partial charge in [0.15, 0.2) is 0 Å². The maximum absolute atomic E-state index is 11.7. The predicted molar refractivity (Wildman–Crippen MR) is 70.7 cm³/mol. The molecule has 1 fully saturated rings. The van der Waals surface area contributed by atoms with Gasteiger partial charge in [-0.2, -0.15) is 0 Å². The zero-order chi connectivity index (χ0) is 13.8. The van der Waals surface area contributed by atoms with E-state index in [2.05, 4.69) is 15.4 Å². The Morgan fingerprint density at radius 1 is 1.39 bits per heavy atom. The Morgan fingerprint density at radius 2 is 2.06 bits per heavy atom. The van der Waals surface area contributed by atoms with Gasteiger partial charge >= 0.3 is 0 Å². The molecule has 106 valence electrons.